The van der Waals surface area contributed by atoms with E-state index >= 15 is 0 Å². The molecule has 0 aromatic rings. The quantitative estimate of drug-likeness (QED) is 0.567. The number of hydrogen-bond donors (Lipinski definition) is 1. The summed E-state index contributed by atoms with van der Waals surface area (Å²) in [6.45, 7) is 2.14. The molecule has 1 heteroatoms. The van der Waals surface area contributed by atoms with E-state index in [9.17, 15) is 5.11 Å². The molecule has 0 saturated heterocycles. The minimum Gasteiger partial charge on any atom is -0.385 e. The molecule has 1 aliphatic rings. The lowest BCUT2D eigenvalue weighted by Crippen LogP contribution is -1.99. The van der Waals surface area contributed by atoms with Crippen molar-refractivity contribution in [2.24, 2.45) is 5.92 Å². The maximum atomic E-state index is 9.22. The van der Waals surface area contributed by atoms with E-state index in [2.05, 4.69) is 13.0 Å². The van der Waals surface area contributed by atoms with E-state index in [1.807, 2.05) is 24.3 Å². The van der Waals surface area contributed by atoms with Crippen LogP contribution in [0, 0.1) is 5.92 Å². The van der Waals surface area contributed by atoms with Crippen molar-refractivity contribution in [3.63, 3.8) is 0 Å². The van der Waals surface area contributed by atoms with Crippen LogP contribution < -0.4 is 0 Å². The van der Waals surface area contributed by atoms with Crippen molar-refractivity contribution in [2.75, 3.05) is 0 Å². The molecule has 0 saturated carbocycles. The maximum absolute atomic E-state index is 9.22. The fourth-order valence-electron chi connectivity index (χ4n) is 1.04. The molecule has 1 rings (SSSR count). The third-order valence-corrected chi connectivity index (χ3v) is 1.80. The van der Waals surface area contributed by atoms with Gasteiger partial charge >= 0.3 is 0 Å². The van der Waals surface area contributed by atoms with Gasteiger partial charge in [-0.05, 0) is 12.3 Å². The van der Waals surface area contributed by atoms with E-state index < -0.39 is 6.10 Å². The van der Waals surface area contributed by atoms with Crippen molar-refractivity contribution in [1.82, 2.24) is 0 Å². The van der Waals surface area contributed by atoms with E-state index in [4.69, 9.17) is 0 Å². The topological polar surface area (TPSA) is 20.2 Å². The first-order chi connectivity index (χ1) is 5.33. The third-order valence-electron chi connectivity index (χ3n) is 1.80. The molecule has 0 fully saturated rings. The lowest BCUT2D eigenvalue weighted by Gasteiger charge is -2.05. The average Bonchev–Trinajstić information content (AvgIpc) is 1.98. The summed E-state index contributed by atoms with van der Waals surface area (Å²) in [6, 6.07) is 0. The van der Waals surface area contributed by atoms with Crippen LogP contribution in [-0.4, -0.2) is 11.2 Å². The average molecular weight is 150 g/mol. The molecule has 11 heavy (non-hydrogen) atoms. The summed E-state index contributed by atoms with van der Waals surface area (Å²) < 4.78 is 0. The molecule has 1 aliphatic carbocycles. The van der Waals surface area contributed by atoms with Crippen molar-refractivity contribution in [2.45, 2.75) is 19.4 Å². The molecule has 0 bridgehead atoms. The molecule has 0 radical (unpaired) electrons. The zero-order valence-corrected chi connectivity index (χ0v) is 6.77. The van der Waals surface area contributed by atoms with Gasteiger partial charge in [-0.25, -0.2) is 0 Å². The summed E-state index contributed by atoms with van der Waals surface area (Å²) in [4.78, 5) is 0. The van der Waals surface area contributed by atoms with Gasteiger partial charge in [0.25, 0.3) is 0 Å². The van der Waals surface area contributed by atoms with E-state index in [-0.39, 0.29) is 0 Å². The third kappa shape index (κ3) is 2.72. The molecule has 0 unspecified atom stereocenters. The maximum Gasteiger partial charge on any atom is 0.0905 e. The largest absolute Gasteiger partial charge is 0.385 e. The van der Waals surface area contributed by atoms with Crippen LogP contribution in [0.3, 0.4) is 0 Å². The molecular formula is C10H14O. The molecular weight excluding hydrogens is 136 g/mol. The Hall–Kier alpha value is -0.820. The molecule has 0 aromatic carbocycles. The predicted molar refractivity (Wildman–Crippen MR) is 47.2 cm³/mol. The lowest BCUT2D eigenvalue weighted by atomic mass is 10.0. The van der Waals surface area contributed by atoms with Crippen LogP contribution in [0.4, 0.5) is 0 Å². The van der Waals surface area contributed by atoms with Crippen LogP contribution in [0.15, 0.2) is 36.5 Å². The van der Waals surface area contributed by atoms with E-state index in [1.54, 1.807) is 6.08 Å². The Morgan fingerprint density at radius 3 is 2.55 bits per heavy atom. The Morgan fingerprint density at radius 1 is 1.09 bits per heavy atom. The van der Waals surface area contributed by atoms with E-state index in [1.165, 1.54) is 0 Å². The lowest BCUT2D eigenvalue weighted by molar-refractivity contribution is 0.271. The summed E-state index contributed by atoms with van der Waals surface area (Å²) in [5.41, 5.74) is 0. The smallest absolute Gasteiger partial charge is 0.0905 e. The summed E-state index contributed by atoms with van der Waals surface area (Å²) >= 11 is 0. The number of hydrogen-bond acceptors (Lipinski definition) is 1. The highest BCUT2D eigenvalue weighted by molar-refractivity contribution is 5.16. The highest BCUT2D eigenvalue weighted by Gasteiger charge is 1.98. The minimum absolute atomic E-state index is 0.408. The summed E-state index contributed by atoms with van der Waals surface area (Å²) in [6.07, 6.45) is 12.3. The zero-order valence-electron chi connectivity index (χ0n) is 6.77. The molecule has 0 aromatic heterocycles. The fourth-order valence-corrected chi connectivity index (χ4v) is 1.04. The van der Waals surface area contributed by atoms with Crippen molar-refractivity contribution in [3.05, 3.63) is 36.5 Å². The van der Waals surface area contributed by atoms with Crippen LogP contribution in [0.2, 0.25) is 0 Å². The minimum atomic E-state index is -0.408. The van der Waals surface area contributed by atoms with E-state index in [0.717, 1.165) is 6.42 Å². The fraction of sp³-hybridized carbons (Fsp3) is 0.400. The van der Waals surface area contributed by atoms with Gasteiger partial charge in [0, 0.05) is 0 Å². The molecule has 0 heterocycles. The Labute approximate surface area is 67.7 Å². The summed E-state index contributed by atoms with van der Waals surface area (Å²) in [7, 11) is 0. The second-order valence-corrected chi connectivity index (χ2v) is 2.72. The van der Waals surface area contributed by atoms with Crippen LogP contribution in [0.1, 0.15) is 13.3 Å². The number of rotatable bonds is 1. The first-order valence-corrected chi connectivity index (χ1v) is 4.04. The van der Waals surface area contributed by atoms with Crippen LogP contribution in [0.5, 0.6) is 0 Å². The molecule has 0 spiro atoms. The van der Waals surface area contributed by atoms with Gasteiger partial charge in [0.15, 0.2) is 0 Å². The highest BCUT2D eigenvalue weighted by atomic mass is 16.3. The molecule has 2 atom stereocenters. The van der Waals surface area contributed by atoms with Gasteiger partial charge in [-0.15, -0.1) is 0 Å². The predicted octanol–water partition coefficient (Wildman–Crippen LogP) is 2.06. The number of aliphatic hydroxyl groups excluding tert-OH is 1. The Balaban J connectivity index is 2.67. The summed E-state index contributed by atoms with van der Waals surface area (Å²) in [5, 5.41) is 9.22. The second-order valence-electron chi connectivity index (χ2n) is 2.72. The Bertz CT molecular complexity index is 189. The van der Waals surface area contributed by atoms with Crippen LogP contribution >= 0.6 is 0 Å². The van der Waals surface area contributed by atoms with Crippen LogP contribution in [-0.2, 0) is 0 Å². The molecule has 0 aliphatic heterocycles. The van der Waals surface area contributed by atoms with Gasteiger partial charge < -0.3 is 5.11 Å². The molecule has 1 N–H and O–H groups in total. The van der Waals surface area contributed by atoms with Crippen molar-refractivity contribution < 1.29 is 5.11 Å². The second kappa shape index (κ2) is 4.14. The van der Waals surface area contributed by atoms with Gasteiger partial charge in [-0.2, -0.15) is 0 Å². The Kier molecular flexibility index (Phi) is 3.12. The first kappa shape index (κ1) is 8.28. The molecule has 60 valence electrons. The number of allylic oxidation sites excluding steroid dienone is 4. The Morgan fingerprint density at radius 2 is 1.82 bits per heavy atom. The molecule has 1 nitrogen and oxygen atoms in total. The standard InChI is InChI=1S/C10H14O/c1-2-9-5-3-4-6-10(11)8-7-9/h3-11H,2H2,1H3/b5-3-,6-4-,8-7-/t9-,10-/m0/s1. The first-order valence-electron chi connectivity index (χ1n) is 4.04. The van der Waals surface area contributed by atoms with Crippen molar-refractivity contribution in [3.8, 4) is 0 Å². The normalized spacial score (nSPS) is 38.7. The molecule has 0 amide bonds. The SMILES string of the molecule is CC[C@H]1/C=C\C=C/[C@H](O)/C=C\1. The van der Waals surface area contributed by atoms with Crippen molar-refractivity contribution in [1.29, 1.82) is 0 Å². The zero-order chi connectivity index (χ0) is 8.10. The summed E-state index contributed by atoms with van der Waals surface area (Å²) in [5.74, 6) is 0.481. The van der Waals surface area contributed by atoms with Crippen LogP contribution in [0.25, 0.3) is 0 Å². The van der Waals surface area contributed by atoms with Gasteiger partial charge in [0.1, 0.15) is 0 Å². The van der Waals surface area contributed by atoms with Gasteiger partial charge in [0.05, 0.1) is 6.10 Å². The van der Waals surface area contributed by atoms with Gasteiger partial charge in [0.2, 0.25) is 0 Å². The van der Waals surface area contributed by atoms with Gasteiger partial charge in [-0.3, -0.25) is 0 Å². The van der Waals surface area contributed by atoms with Gasteiger partial charge in [-0.1, -0.05) is 43.4 Å². The van der Waals surface area contributed by atoms with E-state index in [0.29, 0.717) is 5.92 Å². The van der Waals surface area contributed by atoms with Crippen molar-refractivity contribution >= 4 is 0 Å². The highest BCUT2D eigenvalue weighted by Crippen LogP contribution is 2.09. The number of aliphatic hydroxyl groups is 1. The monoisotopic (exact) mass is 150 g/mol.